The molecule has 2 N–H and O–H groups in total. The van der Waals surface area contributed by atoms with E-state index in [1.807, 2.05) is 12.1 Å². The van der Waals surface area contributed by atoms with Crippen LogP contribution in [0.15, 0.2) is 42.6 Å². The number of rotatable bonds is 2. The summed E-state index contributed by atoms with van der Waals surface area (Å²) >= 11 is 0. The van der Waals surface area contributed by atoms with Crippen molar-refractivity contribution < 1.29 is 10.0 Å². The molecule has 4 nitrogen and oxygen atoms in total. The van der Waals surface area contributed by atoms with Gasteiger partial charge >= 0.3 is 7.12 Å². The lowest BCUT2D eigenvalue weighted by molar-refractivity contribution is 0.426. The molecule has 0 amide bonds. The van der Waals surface area contributed by atoms with Crippen LogP contribution in [0.4, 0.5) is 0 Å². The van der Waals surface area contributed by atoms with E-state index < -0.39 is 7.12 Å². The van der Waals surface area contributed by atoms with Crippen LogP contribution in [0.5, 0.6) is 0 Å². The molecule has 0 radical (unpaired) electrons. The number of hydrogen-bond donors (Lipinski definition) is 2. The molecule has 0 aliphatic carbocycles. The lowest BCUT2D eigenvalue weighted by atomic mass is 9.78. The Bertz CT molecular complexity index is 564. The van der Waals surface area contributed by atoms with Gasteiger partial charge in [-0.1, -0.05) is 12.1 Å². The van der Waals surface area contributed by atoms with Crippen LogP contribution in [0.25, 0.3) is 11.3 Å². The zero-order valence-electron chi connectivity index (χ0n) is 8.91. The maximum atomic E-state index is 9.14. The van der Waals surface area contributed by atoms with E-state index in [-0.39, 0.29) is 5.46 Å². The Balaban J connectivity index is 2.55. The van der Waals surface area contributed by atoms with Gasteiger partial charge in [0.2, 0.25) is 0 Å². The van der Waals surface area contributed by atoms with Crippen molar-refractivity contribution >= 4 is 12.6 Å². The van der Waals surface area contributed by atoms with Crippen molar-refractivity contribution in [2.75, 3.05) is 0 Å². The highest BCUT2D eigenvalue weighted by Crippen LogP contribution is 2.16. The summed E-state index contributed by atoms with van der Waals surface area (Å²) < 4.78 is 0. The van der Waals surface area contributed by atoms with Gasteiger partial charge < -0.3 is 10.0 Å². The van der Waals surface area contributed by atoms with Crippen molar-refractivity contribution in [1.29, 1.82) is 5.26 Å². The van der Waals surface area contributed by atoms with Crippen molar-refractivity contribution in [3.8, 4) is 17.3 Å². The van der Waals surface area contributed by atoms with Crippen molar-refractivity contribution in [3.63, 3.8) is 0 Å². The Morgan fingerprint density at radius 1 is 1.18 bits per heavy atom. The molecule has 0 aliphatic rings. The normalized spacial score (nSPS) is 9.71. The van der Waals surface area contributed by atoms with Crippen LogP contribution in [0.1, 0.15) is 5.56 Å². The number of benzene rings is 1. The zero-order chi connectivity index (χ0) is 12.3. The third-order valence-electron chi connectivity index (χ3n) is 2.34. The molecular formula is C12H9BN2O2. The Labute approximate surface area is 98.9 Å². The monoisotopic (exact) mass is 224 g/mol. The second-order valence-electron chi connectivity index (χ2n) is 3.54. The average molecular weight is 224 g/mol. The van der Waals surface area contributed by atoms with Crippen LogP contribution in [0, 0.1) is 11.3 Å². The van der Waals surface area contributed by atoms with Crippen molar-refractivity contribution in [3.05, 3.63) is 48.2 Å². The van der Waals surface area contributed by atoms with Crippen LogP contribution in [-0.4, -0.2) is 22.2 Å². The second-order valence-corrected chi connectivity index (χ2v) is 3.54. The number of nitriles is 1. The minimum atomic E-state index is -1.59. The molecule has 1 aromatic heterocycles. The second kappa shape index (κ2) is 4.79. The number of pyridine rings is 1. The topological polar surface area (TPSA) is 77.1 Å². The third kappa shape index (κ3) is 2.51. The highest BCUT2D eigenvalue weighted by molar-refractivity contribution is 6.58. The standard InChI is InChI=1S/C12H9BN2O2/c14-8-9-5-10(7-11(6-9)13(16)17)12-3-1-2-4-15-12/h1-7,16-17H. The SMILES string of the molecule is N#Cc1cc(B(O)O)cc(-c2ccccn2)c1. The third-order valence-corrected chi connectivity index (χ3v) is 2.34. The molecule has 0 bridgehead atoms. The first-order valence-electron chi connectivity index (χ1n) is 5.03. The summed E-state index contributed by atoms with van der Waals surface area (Å²) in [5.41, 5.74) is 2.03. The summed E-state index contributed by atoms with van der Waals surface area (Å²) in [5.74, 6) is 0. The Kier molecular flexibility index (Phi) is 3.19. The molecule has 0 fully saturated rings. The fraction of sp³-hybridized carbons (Fsp3) is 0. The van der Waals surface area contributed by atoms with Crippen LogP contribution < -0.4 is 5.46 Å². The molecular weight excluding hydrogens is 215 g/mol. The van der Waals surface area contributed by atoms with E-state index in [1.54, 1.807) is 30.5 Å². The predicted molar refractivity (Wildman–Crippen MR) is 64.2 cm³/mol. The molecule has 0 atom stereocenters. The summed E-state index contributed by atoms with van der Waals surface area (Å²) in [7, 11) is -1.59. The first-order chi connectivity index (χ1) is 8.20. The van der Waals surface area contributed by atoms with Gasteiger partial charge in [0.15, 0.2) is 0 Å². The van der Waals surface area contributed by atoms with Gasteiger partial charge in [-0.05, 0) is 29.7 Å². The van der Waals surface area contributed by atoms with Crippen LogP contribution in [0.2, 0.25) is 0 Å². The lowest BCUT2D eigenvalue weighted by Crippen LogP contribution is -2.30. The molecule has 0 saturated carbocycles. The molecule has 1 aromatic carbocycles. The molecule has 2 rings (SSSR count). The minimum Gasteiger partial charge on any atom is -0.423 e. The molecule has 0 unspecified atom stereocenters. The van der Waals surface area contributed by atoms with E-state index in [9.17, 15) is 0 Å². The number of hydrogen-bond acceptors (Lipinski definition) is 4. The Morgan fingerprint density at radius 2 is 2.00 bits per heavy atom. The molecule has 0 saturated heterocycles. The predicted octanol–water partition coefficient (Wildman–Crippen LogP) is 0.300. The average Bonchev–Trinajstić information content (AvgIpc) is 2.39. The largest absolute Gasteiger partial charge is 0.488 e. The van der Waals surface area contributed by atoms with Gasteiger partial charge in [-0.3, -0.25) is 4.98 Å². The summed E-state index contributed by atoms with van der Waals surface area (Å²) in [5, 5.41) is 27.2. The fourth-order valence-corrected chi connectivity index (χ4v) is 1.55. The lowest BCUT2D eigenvalue weighted by Gasteiger charge is -2.05. The first-order valence-corrected chi connectivity index (χ1v) is 5.03. The summed E-state index contributed by atoms with van der Waals surface area (Å²) in [4.78, 5) is 4.15. The van der Waals surface area contributed by atoms with Crippen molar-refractivity contribution in [2.45, 2.75) is 0 Å². The molecule has 17 heavy (non-hydrogen) atoms. The van der Waals surface area contributed by atoms with Crippen molar-refractivity contribution in [2.24, 2.45) is 0 Å². The van der Waals surface area contributed by atoms with Gasteiger partial charge in [-0.2, -0.15) is 5.26 Å². The van der Waals surface area contributed by atoms with Crippen LogP contribution in [0.3, 0.4) is 0 Å². The van der Waals surface area contributed by atoms with E-state index in [2.05, 4.69) is 4.98 Å². The highest BCUT2D eigenvalue weighted by Gasteiger charge is 2.13. The Hall–Kier alpha value is -2.16. The number of nitrogens with zero attached hydrogens (tertiary/aromatic N) is 2. The zero-order valence-corrected chi connectivity index (χ0v) is 8.91. The van der Waals surface area contributed by atoms with Gasteiger partial charge in [-0.15, -0.1) is 0 Å². The van der Waals surface area contributed by atoms with Gasteiger partial charge in [0, 0.05) is 11.8 Å². The van der Waals surface area contributed by atoms with E-state index >= 15 is 0 Å². The quantitative estimate of drug-likeness (QED) is 0.719. The number of aromatic nitrogens is 1. The van der Waals surface area contributed by atoms with Crippen LogP contribution >= 0.6 is 0 Å². The molecule has 0 aliphatic heterocycles. The van der Waals surface area contributed by atoms with Gasteiger partial charge in [-0.25, -0.2) is 0 Å². The molecule has 1 heterocycles. The highest BCUT2D eigenvalue weighted by atomic mass is 16.4. The first kappa shape index (κ1) is 11.3. The fourth-order valence-electron chi connectivity index (χ4n) is 1.55. The van der Waals surface area contributed by atoms with E-state index in [0.29, 0.717) is 16.8 Å². The van der Waals surface area contributed by atoms with Gasteiger partial charge in [0.05, 0.1) is 17.3 Å². The summed E-state index contributed by atoms with van der Waals surface area (Å²) in [6, 6.07) is 12.1. The summed E-state index contributed by atoms with van der Waals surface area (Å²) in [6.45, 7) is 0. The van der Waals surface area contributed by atoms with E-state index in [0.717, 1.165) is 0 Å². The van der Waals surface area contributed by atoms with Gasteiger partial charge in [0.1, 0.15) is 0 Å². The van der Waals surface area contributed by atoms with Crippen molar-refractivity contribution in [1.82, 2.24) is 4.98 Å². The molecule has 2 aromatic rings. The van der Waals surface area contributed by atoms with E-state index in [4.69, 9.17) is 15.3 Å². The van der Waals surface area contributed by atoms with Gasteiger partial charge in [0.25, 0.3) is 0 Å². The minimum absolute atomic E-state index is 0.282. The van der Waals surface area contributed by atoms with E-state index in [1.165, 1.54) is 6.07 Å². The molecule has 82 valence electrons. The molecule has 5 heteroatoms. The van der Waals surface area contributed by atoms with Crippen LogP contribution in [-0.2, 0) is 0 Å². The maximum absolute atomic E-state index is 9.14. The summed E-state index contributed by atoms with van der Waals surface area (Å²) in [6.07, 6.45) is 1.64. The Morgan fingerprint density at radius 3 is 2.59 bits per heavy atom. The smallest absolute Gasteiger partial charge is 0.423 e. The molecule has 0 spiro atoms. The maximum Gasteiger partial charge on any atom is 0.488 e.